The molecule has 2 aromatic rings. The smallest absolute Gasteiger partial charge is 0.318 e. The molecule has 0 saturated carbocycles. The molecule has 0 aliphatic carbocycles. The Labute approximate surface area is 143 Å². The molecule has 2 atom stereocenters. The summed E-state index contributed by atoms with van der Waals surface area (Å²) in [6.07, 6.45) is 1.54. The molecule has 1 aromatic heterocycles. The van der Waals surface area contributed by atoms with E-state index in [1.54, 1.807) is 6.20 Å². The first-order chi connectivity index (χ1) is 11.6. The highest BCUT2D eigenvalue weighted by molar-refractivity contribution is 7.09. The fourth-order valence-corrected chi connectivity index (χ4v) is 3.48. The number of imide groups is 1. The Hall–Kier alpha value is -2.29. The normalized spacial score (nSPS) is 19.6. The number of nitrogens with two attached hydrogens (primary N) is 1. The van der Waals surface area contributed by atoms with E-state index < -0.39 is 18.0 Å². The van der Waals surface area contributed by atoms with Gasteiger partial charge in [-0.05, 0) is 5.56 Å². The average molecular weight is 346 g/mol. The van der Waals surface area contributed by atoms with Gasteiger partial charge in [0.25, 0.3) is 0 Å². The second-order valence-corrected chi connectivity index (χ2v) is 6.32. The lowest BCUT2D eigenvalue weighted by molar-refractivity contribution is -0.129. The van der Waals surface area contributed by atoms with E-state index in [1.165, 1.54) is 11.3 Å². The van der Waals surface area contributed by atoms with Crippen LogP contribution in [0.15, 0.2) is 41.9 Å². The van der Waals surface area contributed by atoms with E-state index in [9.17, 15) is 9.59 Å². The molecule has 126 valence electrons. The molecule has 0 bridgehead atoms. The van der Waals surface area contributed by atoms with E-state index in [-0.39, 0.29) is 6.10 Å². The van der Waals surface area contributed by atoms with Gasteiger partial charge < -0.3 is 10.5 Å². The Morgan fingerprint density at radius 3 is 2.83 bits per heavy atom. The number of primary amides is 1. The van der Waals surface area contributed by atoms with E-state index in [0.29, 0.717) is 19.7 Å². The van der Waals surface area contributed by atoms with E-state index in [4.69, 9.17) is 10.5 Å². The lowest BCUT2D eigenvalue weighted by atomic mass is 10.0. The third kappa shape index (κ3) is 3.78. The average Bonchev–Trinajstić information content (AvgIpc) is 3.10. The number of hydrogen-bond donors (Lipinski definition) is 2. The minimum absolute atomic E-state index is 0.189. The van der Waals surface area contributed by atoms with Crippen molar-refractivity contribution in [1.29, 1.82) is 0 Å². The third-order valence-corrected chi connectivity index (χ3v) is 4.67. The zero-order chi connectivity index (χ0) is 16.9. The van der Waals surface area contributed by atoms with Crippen molar-refractivity contribution in [2.24, 2.45) is 5.73 Å². The van der Waals surface area contributed by atoms with Crippen molar-refractivity contribution in [1.82, 2.24) is 15.2 Å². The molecular weight excluding hydrogens is 328 g/mol. The maximum Gasteiger partial charge on any atom is 0.318 e. The molecule has 0 spiro atoms. The number of aromatic nitrogens is 1. The SMILES string of the molecule is NC(=O)NC(=O)[C@@H](c1ccccc1)N1CCO[C@H](c2nccs2)C1. The lowest BCUT2D eigenvalue weighted by Gasteiger charge is -2.36. The number of hydrogen-bond acceptors (Lipinski definition) is 6. The quantitative estimate of drug-likeness (QED) is 0.873. The van der Waals surface area contributed by atoms with Gasteiger partial charge in [0.05, 0.1) is 6.61 Å². The van der Waals surface area contributed by atoms with Gasteiger partial charge in [0.15, 0.2) is 0 Å². The Bertz CT molecular complexity index is 693. The number of morpholine rings is 1. The summed E-state index contributed by atoms with van der Waals surface area (Å²) < 4.78 is 5.78. The fraction of sp³-hybridized carbons (Fsp3) is 0.312. The number of rotatable bonds is 4. The lowest BCUT2D eigenvalue weighted by Crippen LogP contribution is -2.48. The van der Waals surface area contributed by atoms with E-state index in [1.807, 2.05) is 40.6 Å². The highest BCUT2D eigenvalue weighted by Crippen LogP contribution is 2.29. The van der Waals surface area contributed by atoms with E-state index >= 15 is 0 Å². The zero-order valence-corrected chi connectivity index (χ0v) is 13.7. The van der Waals surface area contributed by atoms with Crippen LogP contribution in [-0.2, 0) is 9.53 Å². The summed E-state index contributed by atoms with van der Waals surface area (Å²) in [5, 5.41) is 4.96. The van der Waals surface area contributed by atoms with Crippen LogP contribution in [-0.4, -0.2) is 41.5 Å². The molecule has 3 N–H and O–H groups in total. The van der Waals surface area contributed by atoms with Crippen LogP contribution in [0.2, 0.25) is 0 Å². The molecule has 1 saturated heterocycles. The zero-order valence-electron chi connectivity index (χ0n) is 12.9. The van der Waals surface area contributed by atoms with Crippen molar-refractivity contribution < 1.29 is 14.3 Å². The first-order valence-corrected chi connectivity index (χ1v) is 8.43. The number of nitrogens with one attached hydrogen (secondary N) is 1. The molecule has 0 unspecified atom stereocenters. The Kier molecular flexibility index (Phi) is 5.19. The predicted octanol–water partition coefficient (Wildman–Crippen LogP) is 1.45. The van der Waals surface area contributed by atoms with E-state index in [0.717, 1.165) is 10.6 Å². The van der Waals surface area contributed by atoms with Gasteiger partial charge in [-0.2, -0.15) is 0 Å². The number of benzene rings is 1. The standard InChI is InChI=1S/C16H18N4O3S/c17-16(22)19-14(21)13(11-4-2-1-3-5-11)20-7-8-23-12(10-20)15-18-6-9-24-15/h1-6,9,12-13H,7-8,10H2,(H3,17,19,21,22)/t12-,13+/m0/s1. The monoisotopic (exact) mass is 346 g/mol. The highest BCUT2D eigenvalue weighted by atomic mass is 32.1. The molecule has 0 radical (unpaired) electrons. The second-order valence-electron chi connectivity index (χ2n) is 5.39. The van der Waals surface area contributed by atoms with Crippen LogP contribution in [0, 0.1) is 0 Å². The Morgan fingerprint density at radius 1 is 1.38 bits per heavy atom. The summed E-state index contributed by atoms with van der Waals surface area (Å²) in [7, 11) is 0. The van der Waals surface area contributed by atoms with Crippen LogP contribution < -0.4 is 11.1 Å². The molecule has 2 heterocycles. The molecule has 1 aliphatic heterocycles. The summed E-state index contributed by atoms with van der Waals surface area (Å²) in [5.41, 5.74) is 5.92. The van der Waals surface area contributed by atoms with Gasteiger partial charge in [0, 0.05) is 24.7 Å². The van der Waals surface area contributed by atoms with Gasteiger partial charge in [0.1, 0.15) is 17.2 Å². The maximum atomic E-state index is 12.5. The van der Waals surface area contributed by atoms with Crippen molar-refractivity contribution in [3.8, 4) is 0 Å². The second kappa shape index (κ2) is 7.52. The van der Waals surface area contributed by atoms with Gasteiger partial charge >= 0.3 is 6.03 Å². The molecule has 1 aliphatic rings. The highest BCUT2D eigenvalue weighted by Gasteiger charge is 2.33. The van der Waals surface area contributed by atoms with Crippen molar-refractivity contribution >= 4 is 23.3 Å². The molecule has 1 aromatic carbocycles. The number of ether oxygens (including phenoxy) is 1. The first kappa shape index (κ1) is 16.6. The van der Waals surface area contributed by atoms with Crippen molar-refractivity contribution in [3.63, 3.8) is 0 Å². The van der Waals surface area contributed by atoms with Crippen molar-refractivity contribution in [2.45, 2.75) is 12.1 Å². The maximum absolute atomic E-state index is 12.5. The molecule has 3 amide bonds. The van der Waals surface area contributed by atoms with Gasteiger partial charge in [-0.3, -0.25) is 15.0 Å². The molecule has 3 rings (SSSR count). The number of urea groups is 1. The number of amides is 3. The molecular formula is C16H18N4O3S. The molecule has 7 nitrogen and oxygen atoms in total. The topological polar surface area (TPSA) is 97.5 Å². The molecule has 1 fully saturated rings. The Morgan fingerprint density at radius 2 is 2.17 bits per heavy atom. The predicted molar refractivity (Wildman–Crippen MR) is 89.3 cm³/mol. The van der Waals surface area contributed by atoms with Crippen LogP contribution in [0.1, 0.15) is 22.7 Å². The number of thiazole rings is 1. The van der Waals surface area contributed by atoms with Gasteiger partial charge in [0.2, 0.25) is 5.91 Å². The number of carbonyl (C=O) groups is 2. The van der Waals surface area contributed by atoms with E-state index in [2.05, 4.69) is 10.3 Å². The third-order valence-electron chi connectivity index (χ3n) is 3.80. The largest absolute Gasteiger partial charge is 0.368 e. The van der Waals surface area contributed by atoms with Crippen LogP contribution in [0.5, 0.6) is 0 Å². The van der Waals surface area contributed by atoms with Crippen LogP contribution in [0.4, 0.5) is 4.79 Å². The number of nitrogens with zero attached hydrogens (tertiary/aromatic N) is 2. The first-order valence-electron chi connectivity index (χ1n) is 7.55. The van der Waals surface area contributed by atoms with Crippen LogP contribution >= 0.6 is 11.3 Å². The molecule has 24 heavy (non-hydrogen) atoms. The van der Waals surface area contributed by atoms with Crippen LogP contribution in [0.25, 0.3) is 0 Å². The van der Waals surface area contributed by atoms with Gasteiger partial charge in [-0.25, -0.2) is 9.78 Å². The minimum Gasteiger partial charge on any atom is -0.368 e. The summed E-state index contributed by atoms with van der Waals surface area (Å²) >= 11 is 1.52. The van der Waals surface area contributed by atoms with Crippen molar-refractivity contribution in [3.05, 3.63) is 52.5 Å². The fourth-order valence-electron chi connectivity index (χ4n) is 2.80. The van der Waals surface area contributed by atoms with Crippen molar-refractivity contribution in [2.75, 3.05) is 19.7 Å². The summed E-state index contributed by atoms with van der Waals surface area (Å²) in [5.74, 6) is -0.437. The minimum atomic E-state index is -0.856. The summed E-state index contributed by atoms with van der Waals surface area (Å²) in [4.78, 5) is 29.9. The van der Waals surface area contributed by atoms with Crippen LogP contribution in [0.3, 0.4) is 0 Å². The van der Waals surface area contributed by atoms with Gasteiger partial charge in [-0.1, -0.05) is 30.3 Å². The van der Waals surface area contributed by atoms with Gasteiger partial charge in [-0.15, -0.1) is 11.3 Å². The number of carbonyl (C=O) groups excluding carboxylic acids is 2. The Balaban J connectivity index is 1.84. The molecule has 8 heteroatoms. The summed E-state index contributed by atoms with van der Waals surface area (Å²) in [6.45, 7) is 1.57. The summed E-state index contributed by atoms with van der Waals surface area (Å²) in [6, 6.07) is 7.86.